The number of hydrogen-bond donors (Lipinski definition) is 2. The van der Waals surface area contributed by atoms with Crippen LogP contribution in [-0.4, -0.2) is 65.4 Å². The Balaban J connectivity index is 1.31. The molecular formula is C27H22F3N7O3. The van der Waals surface area contributed by atoms with Gasteiger partial charge in [0.1, 0.15) is 12.1 Å². The van der Waals surface area contributed by atoms with E-state index in [4.69, 9.17) is 4.74 Å². The first-order chi connectivity index (χ1) is 19.3. The summed E-state index contributed by atoms with van der Waals surface area (Å²) in [5.74, 6) is -1.73. The average molecular weight is 550 g/mol. The van der Waals surface area contributed by atoms with Crippen molar-refractivity contribution in [2.24, 2.45) is 0 Å². The number of aliphatic hydroxyl groups is 1. The molecule has 1 atom stereocenters. The molecule has 204 valence electrons. The summed E-state index contributed by atoms with van der Waals surface area (Å²) in [5.41, 5.74) is 4.28. The predicted molar refractivity (Wildman–Crippen MR) is 137 cm³/mol. The molecule has 1 unspecified atom stereocenters. The van der Waals surface area contributed by atoms with Crippen molar-refractivity contribution in [1.29, 1.82) is 0 Å². The molecule has 0 saturated carbocycles. The van der Waals surface area contributed by atoms with Gasteiger partial charge < -0.3 is 14.8 Å². The van der Waals surface area contributed by atoms with Crippen LogP contribution in [0.25, 0.3) is 28.0 Å². The number of nitrogens with one attached hydrogen (secondary N) is 1. The van der Waals surface area contributed by atoms with Crippen LogP contribution in [-0.2, 0) is 19.1 Å². The van der Waals surface area contributed by atoms with Gasteiger partial charge in [-0.05, 0) is 29.7 Å². The van der Waals surface area contributed by atoms with E-state index in [2.05, 4.69) is 25.0 Å². The fraction of sp³-hybridized carbons (Fsp3) is 0.222. The van der Waals surface area contributed by atoms with E-state index in [1.807, 2.05) is 36.4 Å². The summed E-state index contributed by atoms with van der Waals surface area (Å²) >= 11 is 0. The molecule has 0 amide bonds. The second-order valence-corrected chi connectivity index (χ2v) is 9.23. The number of H-pyrrole nitrogens is 1. The Morgan fingerprint density at radius 2 is 2.00 bits per heavy atom. The lowest BCUT2D eigenvalue weighted by molar-refractivity contribution is -0.144. The summed E-state index contributed by atoms with van der Waals surface area (Å²) in [7, 11) is 1.38. The molecule has 0 radical (unpaired) electrons. The van der Waals surface area contributed by atoms with Gasteiger partial charge in [-0.3, -0.25) is 14.7 Å². The first-order valence-electron chi connectivity index (χ1n) is 12.3. The molecule has 0 spiro atoms. The number of benzene rings is 1. The van der Waals surface area contributed by atoms with Crippen LogP contribution in [0.1, 0.15) is 27.3 Å². The molecule has 0 saturated heterocycles. The second-order valence-electron chi connectivity index (χ2n) is 9.23. The van der Waals surface area contributed by atoms with Crippen molar-refractivity contribution in [1.82, 2.24) is 34.6 Å². The second kappa shape index (κ2) is 9.84. The Hall–Kier alpha value is -4.62. The Kier molecular flexibility index (Phi) is 6.31. The minimum absolute atomic E-state index is 0.0127. The number of carbonyl (C=O) groups is 1. The number of alkyl halides is 3. The molecule has 6 rings (SSSR count). The molecule has 1 aliphatic rings. The molecule has 0 bridgehead atoms. The summed E-state index contributed by atoms with van der Waals surface area (Å²) in [5, 5.41) is 14.9. The third-order valence-corrected chi connectivity index (χ3v) is 6.92. The van der Waals surface area contributed by atoms with E-state index < -0.39 is 24.0 Å². The largest absolute Gasteiger partial charge is 0.494 e. The summed E-state index contributed by atoms with van der Waals surface area (Å²) in [6.07, 6.45) is -0.327. The summed E-state index contributed by atoms with van der Waals surface area (Å²) in [6.45, 7) is 0.767. The van der Waals surface area contributed by atoms with Gasteiger partial charge in [-0.15, -0.1) is 5.10 Å². The van der Waals surface area contributed by atoms with Gasteiger partial charge in [0.05, 0.1) is 35.5 Å². The number of pyridine rings is 2. The zero-order valence-corrected chi connectivity index (χ0v) is 21.1. The van der Waals surface area contributed by atoms with E-state index in [0.29, 0.717) is 19.5 Å². The quantitative estimate of drug-likeness (QED) is 0.307. The number of methoxy groups -OCH3 is 1. The molecule has 2 N–H and O–H groups in total. The van der Waals surface area contributed by atoms with Gasteiger partial charge in [-0.25, -0.2) is 9.97 Å². The normalized spacial score (nSPS) is 14.7. The number of aromatic nitrogens is 6. The van der Waals surface area contributed by atoms with Crippen LogP contribution >= 0.6 is 0 Å². The number of nitrogens with zero attached hydrogens (tertiary/aromatic N) is 6. The molecule has 5 aromatic rings. The van der Waals surface area contributed by atoms with Crippen molar-refractivity contribution >= 4 is 16.7 Å². The average Bonchev–Trinajstić information content (AvgIpc) is 3.64. The topological polar surface area (TPSA) is 122 Å². The van der Waals surface area contributed by atoms with Crippen LogP contribution in [0, 0.1) is 0 Å². The molecule has 5 heterocycles. The maximum absolute atomic E-state index is 13.6. The number of ether oxygens (including phenoxy) is 1. The van der Waals surface area contributed by atoms with Gasteiger partial charge in [-0.1, -0.05) is 24.3 Å². The maximum atomic E-state index is 13.6. The van der Waals surface area contributed by atoms with Gasteiger partial charge in [0.25, 0.3) is 5.82 Å². The number of Topliss-reactive ketones (excluding diaryl/α,β-unsaturated/α-hetero) is 1. The highest BCUT2D eigenvalue weighted by Crippen LogP contribution is 2.34. The zero-order valence-electron chi connectivity index (χ0n) is 21.1. The van der Waals surface area contributed by atoms with E-state index >= 15 is 0 Å². The van der Waals surface area contributed by atoms with Crippen LogP contribution in [0.3, 0.4) is 0 Å². The molecule has 0 fully saturated rings. The Bertz CT molecular complexity index is 1720. The number of halogens is 3. The third-order valence-electron chi connectivity index (χ3n) is 6.92. The maximum Gasteiger partial charge on any atom is 0.453 e. The van der Waals surface area contributed by atoms with Crippen molar-refractivity contribution in [2.45, 2.75) is 25.4 Å². The van der Waals surface area contributed by atoms with E-state index in [1.54, 1.807) is 11.1 Å². The SMILES string of the molecule is COc1cnc(-n2cnc(C(F)(F)F)n2)c2[nH]cc(C(=O)C(O)N3CCc4c(cccc4-c4ccccn4)C3)c12. The minimum Gasteiger partial charge on any atom is -0.494 e. The van der Waals surface area contributed by atoms with Crippen molar-refractivity contribution in [2.75, 3.05) is 13.7 Å². The molecule has 1 aliphatic heterocycles. The van der Waals surface area contributed by atoms with Crippen LogP contribution in [0.5, 0.6) is 5.75 Å². The molecule has 13 heteroatoms. The first-order valence-corrected chi connectivity index (χ1v) is 12.3. The van der Waals surface area contributed by atoms with Crippen LogP contribution in [0.15, 0.2) is 61.3 Å². The molecular weight excluding hydrogens is 527 g/mol. The highest BCUT2D eigenvalue weighted by atomic mass is 19.4. The number of hydrogen-bond acceptors (Lipinski definition) is 8. The van der Waals surface area contributed by atoms with E-state index in [9.17, 15) is 23.1 Å². The van der Waals surface area contributed by atoms with Gasteiger partial charge in [-0.2, -0.15) is 17.9 Å². The lowest BCUT2D eigenvalue weighted by Gasteiger charge is -2.32. The fourth-order valence-electron chi connectivity index (χ4n) is 5.03. The number of ketones is 1. The monoisotopic (exact) mass is 549 g/mol. The number of carbonyl (C=O) groups excluding carboxylic acids is 1. The highest BCUT2D eigenvalue weighted by Gasteiger charge is 2.36. The zero-order chi connectivity index (χ0) is 28.0. The Labute approximate surface area is 225 Å². The van der Waals surface area contributed by atoms with Gasteiger partial charge in [0.15, 0.2) is 12.0 Å². The number of aliphatic hydroxyl groups excluding tert-OH is 1. The molecule has 0 aliphatic carbocycles. The number of rotatable bonds is 6. The first kappa shape index (κ1) is 25.6. The number of aromatic amines is 1. The molecule has 1 aromatic carbocycles. The fourth-order valence-corrected chi connectivity index (χ4v) is 5.03. The van der Waals surface area contributed by atoms with Crippen LogP contribution in [0.2, 0.25) is 0 Å². The lowest BCUT2D eigenvalue weighted by atomic mass is 9.92. The summed E-state index contributed by atoms with van der Waals surface area (Å²) in [6, 6.07) is 11.6. The van der Waals surface area contributed by atoms with Crippen molar-refractivity contribution in [3.8, 4) is 22.8 Å². The van der Waals surface area contributed by atoms with Gasteiger partial charge in [0, 0.05) is 31.0 Å². The van der Waals surface area contributed by atoms with Crippen LogP contribution < -0.4 is 4.74 Å². The Morgan fingerprint density at radius 1 is 1.15 bits per heavy atom. The van der Waals surface area contributed by atoms with Crippen molar-refractivity contribution in [3.05, 3.63) is 83.8 Å². The predicted octanol–water partition coefficient (Wildman–Crippen LogP) is 3.79. The van der Waals surface area contributed by atoms with E-state index in [-0.39, 0.29) is 28.0 Å². The minimum atomic E-state index is -4.73. The lowest BCUT2D eigenvalue weighted by Crippen LogP contribution is -2.44. The highest BCUT2D eigenvalue weighted by molar-refractivity contribution is 6.12. The van der Waals surface area contributed by atoms with Crippen molar-refractivity contribution < 1.29 is 27.8 Å². The van der Waals surface area contributed by atoms with E-state index in [0.717, 1.165) is 33.4 Å². The molecule has 4 aromatic heterocycles. The third kappa shape index (κ3) is 4.38. The van der Waals surface area contributed by atoms with E-state index in [1.165, 1.54) is 19.5 Å². The van der Waals surface area contributed by atoms with Gasteiger partial charge in [0.2, 0.25) is 5.78 Å². The van der Waals surface area contributed by atoms with Crippen molar-refractivity contribution in [3.63, 3.8) is 0 Å². The Morgan fingerprint density at radius 3 is 2.73 bits per heavy atom. The standard InChI is InChI=1S/C27H22F3N7O3/c1-40-20-12-33-24(37-14-34-26(35-37)27(28,29)30)22-21(20)18(11-32-22)23(38)25(39)36-10-8-16-15(13-36)5-4-6-17(16)19-7-2-3-9-31-19/h2-7,9,11-12,14,25,32,39H,8,10,13H2,1H3. The smallest absolute Gasteiger partial charge is 0.453 e. The summed E-state index contributed by atoms with van der Waals surface area (Å²) < 4.78 is 45.4. The summed E-state index contributed by atoms with van der Waals surface area (Å²) in [4.78, 5) is 30.1. The van der Waals surface area contributed by atoms with Crippen LogP contribution in [0.4, 0.5) is 13.2 Å². The van der Waals surface area contributed by atoms with Gasteiger partial charge >= 0.3 is 6.18 Å². The number of fused-ring (bicyclic) bond motifs is 2. The molecule has 40 heavy (non-hydrogen) atoms. The molecule has 10 nitrogen and oxygen atoms in total.